The first-order valence-corrected chi connectivity index (χ1v) is 9.24. The van der Waals surface area contributed by atoms with Crippen molar-refractivity contribution in [2.24, 2.45) is 0 Å². The Balaban J connectivity index is 1.66. The van der Waals surface area contributed by atoms with Gasteiger partial charge < -0.3 is 14.8 Å². The van der Waals surface area contributed by atoms with Crippen LogP contribution >= 0.6 is 0 Å². The molecule has 0 atom stereocenters. The number of carbonyl (C=O) groups excluding carboxylic acids is 2. The van der Waals surface area contributed by atoms with E-state index in [-0.39, 0.29) is 0 Å². The van der Waals surface area contributed by atoms with Crippen molar-refractivity contribution in [3.05, 3.63) is 65.4 Å². The molecule has 0 unspecified atom stereocenters. The molecule has 0 aliphatic rings. The van der Waals surface area contributed by atoms with Crippen LogP contribution in [0.2, 0.25) is 0 Å². The Labute approximate surface area is 176 Å². The SMILES string of the molecule is COC(=O)c1ccc(Nc2nc(C)c3nnn(-c4ccc(C(=O)OC)cc4)c3n2)cc1. The zero-order valence-electron chi connectivity index (χ0n) is 17.0. The molecule has 0 fully saturated rings. The molecule has 2 aromatic carbocycles. The quantitative estimate of drug-likeness (QED) is 0.488. The van der Waals surface area contributed by atoms with E-state index in [4.69, 9.17) is 9.47 Å². The largest absolute Gasteiger partial charge is 0.465 e. The Hall–Kier alpha value is -4.34. The summed E-state index contributed by atoms with van der Waals surface area (Å²) in [4.78, 5) is 32.2. The number of carbonyl (C=O) groups is 2. The number of aryl methyl sites for hydroxylation is 1. The van der Waals surface area contributed by atoms with E-state index >= 15 is 0 Å². The summed E-state index contributed by atoms with van der Waals surface area (Å²) in [6.45, 7) is 1.81. The number of hydrogen-bond donors (Lipinski definition) is 1. The standard InChI is InChI=1S/C21H18N6O4/c1-12-17-18(27(26-25-17)16-10-6-14(7-11-16)20(29)31-3)24-21(22-12)23-15-8-4-13(5-9-15)19(28)30-2/h4-11H,1-3H3,(H,22,23,24). The number of fused-ring (bicyclic) bond motifs is 1. The summed E-state index contributed by atoms with van der Waals surface area (Å²) in [6.07, 6.45) is 0. The summed E-state index contributed by atoms with van der Waals surface area (Å²) >= 11 is 0. The molecular formula is C21H18N6O4. The van der Waals surface area contributed by atoms with E-state index in [0.717, 1.165) is 0 Å². The van der Waals surface area contributed by atoms with Gasteiger partial charge in [0.1, 0.15) is 0 Å². The van der Waals surface area contributed by atoms with E-state index in [1.807, 2.05) is 6.92 Å². The third-order valence-corrected chi connectivity index (χ3v) is 4.57. The molecule has 0 spiro atoms. The van der Waals surface area contributed by atoms with Crippen LogP contribution in [0.1, 0.15) is 26.4 Å². The van der Waals surface area contributed by atoms with Crippen molar-refractivity contribution in [1.29, 1.82) is 0 Å². The molecular weight excluding hydrogens is 400 g/mol. The number of benzene rings is 2. The molecule has 1 N–H and O–H groups in total. The molecule has 0 radical (unpaired) electrons. The molecule has 4 aromatic rings. The average Bonchev–Trinajstić information content (AvgIpc) is 3.23. The predicted octanol–water partition coefficient (Wildman–Crippen LogP) is 2.84. The first-order valence-electron chi connectivity index (χ1n) is 9.24. The smallest absolute Gasteiger partial charge is 0.337 e. The summed E-state index contributed by atoms with van der Waals surface area (Å²) < 4.78 is 11.0. The summed E-state index contributed by atoms with van der Waals surface area (Å²) in [5.41, 5.74) is 3.97. The van der Waals surface area contributed by atoms with Crippen molar-refractivity contribution in [3.8, 4) is 5.69 Å². The third kappa shape index (κ3) is 3.90. The average molecular weight is 418 g/mol. The van der Waals surface area contributed by atoms with Gasteiger partial charge in [0.05, 0.1) is 36.7 Å². The number of anilines is 2. The van der Waals surface area contributed by atoms with Crippen molar-refractivity contribution in [2.75, 3.05) is 19.5 Å². The minimum absolute atomic E-state index is 0.352. The van der Waals surface area contributed by atoms with Crippen LogP contribution in [0.25, 0.3) is 16.9 Å². The molecule has 4 rings (SSSR count). The van der Waals surface area contributed by atoms with Crippen LogP contribution in [-0.2, 0) is 9.47 Å². The summed E-state index contributed by atoms with van der Waals surface area (Å²) in [5.74, 6) is -0.475. The number of methoxy groups -OCH3 is 2. The molecule has 31 heavy (non-hydrogen) atoms. The minimum Gasteiger partial charge on any atom is -0.465 e. The maximum Gasteiger partial charge on any atom is 0.337 e. The predicted molar refractivity (Wildman–Crippen MR) is 112 cm³/mol. The van der Waals surface area contributed by atoms with E-state index in [9.17, 15) is 9.59 Å². The molecule has 2 aromatic heterocycles. The van der Waals surface area contributed by atoms with E-state index in [1.165, 1.54) is 14.2 Å². The monoisotopic (exact) mass is 418 g/mol. The molecule has 0 bridgehead atoms. The van der Waals surface area contributed by atoms with Gasteiger partial charge in [-0.05, 0) is 55.5 Å². The van der Waals surface area contributed by atoms with Gasteiger partial charge in [0, 0.05) is 5.69 Å². The zero-order chi connectivity index (χ0) is 22.0. The van der Waals surface area contributed by atoms with Gasteiger partial charge in [0.25, 0.3) is 0 Å². The molecule has 0 aliphatic heterocycles. The van der Waals surface area contributed by atoms with E-state index in [1.54, 1.807) is 53.2 Å². The van der Waals surface area contributed by atoms with Crippen LogP contribution in [0.5, 0.6) is 0 Å². The van der Waals surface area contributed by atoms with E-state index in [0.29, 0.717) is 45.3 Å². The van der Waals surface area contributed by atoms with Gasteiger partial charge in [0.15, 0.2) is 11.2 Å². The molecule has 0 amide bonds. The van der Waals surface area contributed by atoms with Gasteiger partial charge in [-0.1, -0.05) is 5.21 Å². The number of nitrogens with zero attached hydrogens (tertiary/aromatic N) is 5. The fourth-order valence-electron chi connectivity index (χ4n) is 2.97. The lowest BCUT2D eigenvalue weighted by molar-refractivity contribution is 0.0592. The molecule has 10 nitrogen and oxygen atoms in total. The highest BCUT2D eigenvalue weighted by Gasteiger charge is 2.15. The third-order valence-electron chi connectivity index (χ3n) is 4.57. The van der Waals surface area contributed by atoms with Crippen LogP contribution in [0.4, 0.5) is 11.6 Å². The second-order valence-corrected chi connectivity index (χ2v) is 6.54. The van der Waals surface area contributed by atoms with Crippen LogP contribution in [-0.4, -0.2) is 51.1 Å². The van der Waals surface area contributed by atoms with Gasteiger partial charge in [-0.2, -0.15) is 9.67 Å². The highest BCUT2D eigenvalue weighted by Crippen LogP contribution is 2.21. The van der Waals surface area contributed by atoms with Gasteiger partial charge in [-0.15, -0.1) is 5.10 Å². The van der Waals surface area contributed by atoms with Crippen LogP contribution in [0.15, 0.2) is 48.5 Å². The molecule has 2 heterocycles. The number of ether oxygens (including phenoxy) is 2. The fourth-order valence-corrected chi connectivity index (χ4v) is 2.97. The first-order chi connectivity index (χ1) is 15.0. The topological polar surface area (TPSA) is 121 Å². The Morgan fingerprint density at radius 2 is 1.45 bits per heavy atom. The lowest BCUT2D eigenvalue weighted by atomic mass is 10.2. The maximum absolute atomic E-state index is 11.7. The van der Waals surface area contributed by atoms with Crippen LogP contribution < -0.4 is 5.32 Å². The first kappa shape index (κ1) is 20.0. The van der Waals surface area contributed by atoms with E-state index in [2.05, 4.69) is 25.6 Å². The lowest BCUT2D eigenvalue weighted by Crippen LogP contribution is -2.05. The maximum atomic E-state index is 11.7. The van der Waals surface area contributed by atoms with Crippen molar-refractivity contribution >= 4 is 34.7 Å². The van der Waals surface area contributed by atoms with Gasteiger partial charge in [0.2, 0.25) is 5.95 Å². The van der Waals surface area contributed by atoms with Crippen LogP contribution in [0, 0.1) is 6.92 Å². The number of nitrogens with one attached hydrogen (secondary N) is 1. The van der Waals surface area contributed by atoms with Gasteiger partial charge in [-0.3, -0.25) is 0 Å². The fraction of sp³-hybridized carbons (Fsp3) is 0.143. The summed E-state index contributed by atoms with van der Waals surface area (Å²) in [5, 5.41) is 11.5. The number of rotatable bonds is 5. The second kappa shape index (κ2) is 8.19. The lowest BCUT2D eigenvalue weighted by Gasteiger charge is -2.08. The number of aromatic nitrogens is 5. The Kier molecular flexibility index (Phi) is 5.27. The molecule has 0 saturated heterocycles. The second-order valence-electron chi connectivity index (χ2n) is 6.54. The normalized spacial score (nSPS) is 10.7. The molecule has 10 heteroatoms. The van der Waals surface area contributed by atoms with E-state index < -0.39 is 11.9 Å². The van der Waals surface area contributed by atoms with Crippen molar-refractivity contribution in [1.82, 2.24) is 25.0 Å². The summed E-state index contributed by atoms with van der Waals surface area (Å²) in [6, 6.07) is 13.5. The zero-order valence-corrected chi connectivity index (χ0v) is 17.0. The van der Waals surface area contributed by atoms with Gasteiger partial charge >= 0.3 is 11.9 Å². The van der Waals surface area contributed by atoms with Crippen molar-refractivity contribution < 1.29 is 19.1 Å². The molecule has 0 saturated carbocycles. The van der Waals surface area contributed by atoms with Crippen molar-refractivity contribution in [2.45, 2.75) is 6.92 Å². The molecule has 156 valence electrons. The minimum atomic E-state index is -0.419. The van der Waals surface area contributed by atoms with Crippen LogP contribution in [0.3, 0.4) is 0 Å². The highest BCUT2D eigenvalue weighted by atomic mass is 16.5. The Morgan fingerprint density at radius 3 is 2.03 bits per heavy atom. The van der Waals surface area contributed by atoms with Crippen molar-refractivity contribution in [3.63, 3.8) is 0 Å². The summed E-state index contributed by atoms with van der Waals surface area (Å²) in [7, 11) is 2.67. The highest BCUT2D eigenvalue weighted by molar-refractivity contribution is 5.90. The Morgan fingerprint density at radius 1 is 0.871 bits per heavy atom. The number of esters is 2. The Bertz CT molecular complexity index is 1270. The van der Waals surface area contributed by atoms with Gasteiger partial charge in [-0.25, -0.2) is 14.6 Å². The number of hydrogen-bond acceptors (Lipinski definition) is 9. The molecule has 0 aliphatic carbocycles.